The SMILES string of the molecule is CC(=O)N[C@H]1C=C[C@@H](C(=O)O)C1. The number of carbonyl (C=O) groups excluding carboxylic acids is 1. The summed E-state index contributed by atoms with van der Waals surface area (Å²) in [5, 5.41) is 11.2. The Morgan fingerprint density at radius 1 is 1.50 bits per heavy atom. The summed E-state index contributed by atoms with van der Waals surface area (Å²) in [5.41, 5.74) is 0. The summed E-state index contributed by atoms with van der Waals surface area (Å²) < 4.78 is 0. The zero-order valence-corrected chi connectivity index (χ0v) is 6.78. The van der Waals surface area contributed by atoms with Gasteiger partial charge in [-0.1, -0.05) is 12.2 Å². The molecule has 0 aromatic carbocycles. The molecule has 0 saturated heterocycles. The molecule has 0 saturated carbocycles. The first-order chi connectivity index (χ1) is 5.59. The van der Waals surface area contributed by atoms with Crippen LogP contribution >= 0.6 is 0 Å². The average Bonchev–Trinajstić information content (AvgIpc) is 2.34. The quantitative estimate of drug-likeness (QED) is 0.578. The van der Waals surface area contributed by atoms with Crippen molar-refractivity contribution >= 4 is 11.9 Å². The van der Waals surface area contributed by atoms with Crippen molar-refractivity contribution in [1.82, 2.24) is 5.32 Å². The second kappa shape index (κ2) is 3.38. The minimum atomic E-state index is -0.834. The van der Waals surface area contributed by atoms with Crippen LogP contribution in [0.1, 0.15) is 13.3 Å². The molecule has 0 spiro atoms. The van der Waals surface area contributed by atoms with Crippen molar-refractivity contribution in [3.05, 3.63) is 12.2 Å². The van der Waals surface area contributed by atoms with E-state index in [4.69, 9.17) is 5.11 Å². The van der Waals surface area contributed by atoms with E-state index >= 15 is 0 Å². The van der Waals surface area contributed by atoms with E-state index in [1.54, 1.807) is 12.2 Å². The van der Waals surface area contributed by atoms with Gasteiger partial charge in [-0.05, 0) is 6.42 Å². The van der Waals surface area contributed by atoms with Gasteiger partial charge in [-0.2, -0.15) is 0 Å². The first kappa shape index (κ1) is 8.77. The molecular weight excluding hydrogens is 158 g/mol. The van der Waals surface area contributed by atoms with Crippen LogP contribution in [0, 0.1) is 5.92 Å². The molecule has 0 radical (unpaired) electrons. The van der Waals surface area contributed by atoms with Gasteiger partial charge in [-0.15, -0.1) is 0 Å². The molecular formula is C8H11NO3. The number of amides is 1. The molecule has 0 fully saturated rings. The molecule has 1 rings (SSSR count). The summed E-state index contributed by atoms with van der Waals surface area (Å²) in [6.45, 7) is 1.42. The van der Waals surface area contributed by atoms with Crippen LogP contribution in [0.2, 0.25) is 0 Å². The summed E-state index contributed by atoms with van der Waals surface area (Å²) >= 11 is 0. The van der Waals surface area contributed by atoms with E-state index in [1.807, 2.05) is 0 Å². The first-order valence-corrected chi connectivity index (χ1v) is 3.78. The summed E-state index contributed by atoms with van der Waals surface area (Å²) in [7, 11) is 0. The van der Waals surface area contributed by atoms with Crippen LogP contribution in [0.15, 0.2) is 12.2 Å². The van der Waals surface area contributed by atoms with Crippen LogP contribution in [-0.4, -0.2) is 23.0 Å². The largest absolute Gasteiger partial charge is 0.481 e. The summed E-state index contributed by atoms with van der Waals surface area (Å²) in [6, 6.07) is -0.108. The highest BCUT2D eigenvalue weighted by atomic mass is 16.4. The number of carbonyl (C=O) groups is 2. The molecule has 0 aromatic rings. The second-order valence-electron chi connectivity index (χ2n) is 2.87. The van der Waals surface area contributed by atoms with Crippen LogP contribution in [0.3, 0.4) is 0 Å². The van der Waals surface area contributed by atoms with Crippen LogP contribution in [0.5, 0.6) is 0 Å². The van der Waals surface area contributed by atoms with Crippen LogP contribution < -0.4 is 5.32 Å². The fourth-order valence-electron chi connectivity index (χ4n) is 1.25. The summed E-state index contributed by atoms with van der Waals surface area (Å²) in [4.78, 5) is 21.1. The second-order valence-corrected chi connectivity index (χ2v) is 2.87. The number of hydrogen-bond acceptors (Lipinski definition) is 2. The van der Waals surface area contributed by atoms with Crippen LogP contribution in [0.4, 0.5) is 0 Å². The Labute approximate surface area is 70.3 Å². The summed E-state index contributed by atoms with van der Waals surface area (Å²) in [6.07, 6.45) is 3.80. The minimum absolute atomic E-state index is 0.108. The number of carboxylic acids is 1. The molecule has 4 nitrogen and oxygen atoms in total. The van der Waals surface area contributed by atoms with Gasteiger partial charge in [0.15, 0.2) is 0 Å². The molecule has 2 atom stereocenters. The van der Waals surface area contributed by atoms with Crippen molar-refractivity contribution in [2.45, 2.75) is 19.4 Å². The predicted molar refractivity (Wildman–Crippen MR) is 42.5 cm³/mol. The van der Waals surface area contributed by atoms with Crippen molar-refractivity contribution in [2.24, 2.45) is 5.92 Å². The number of hydrogen-bond donors (Lipinski definition) is 2. The number of nitrogens with one attached hydrogen (secondary N) is 1. The third-order valence-electron chi connectivity index (χ3n) is 1.79. The molecule has 66 valence electrons. The molecule has 2 N–H and O–H groups in total. The van der Waals surface area contributed by atoms with Gasteiger partial charge in [0.2, 0.25) is 5.91 Å². The Kier molecular flexibility index (Phi) is 2.47. The molecule has 12 heavy (non-hydrogen) atoms. The van der Waals surface area contributed by atoms with E-state index in [-0.39, 0.29) is 11.9 Å². The normalized spacial score (nSPS) is 27.1. The van der Waals surface area contributed by atoms with Crippen molar-refractivity contribution in [3.8, 4) is 0 Å². The Bertz CT molecular complexity index is 234. The lowest BCUT2D eigenvalue weighted by Gasteiger charge is -2.09. The Morgan fingerprint density at radius 2 is 2.17 bits per heavy atom. The van der Waals surface area contributed by atoms with E-state index in [1.165, 1.54) is 6.92 Å². The van der Waals surface area contributed by atoms with Gasteiger partial charge in [0.1, 0.15) is 0 Å². The monoisotopic (exact) mass is 169 g/mol. The van der Waals surface area contributed by atoms with Crippen molar-refractivity contribution in [1.29, 1.82) is 0 Å². The third-order valence-corrected chi connectivity index (χ3v) is 1.79. The Hall–Kier alpha value is -1.32. The third kappa shape index (κ3) is 2.08. The fourth-order valence-corrected chi connectivity index (χ4v) is 1.25. The molecule has 1 amide bonds. The maximum Gasteiger partial charge on any atom is 0.310 e. The van der Waals surface area contributed by atoms with Crippen LogP contribution in [0.25, 0.3) is 0 Å². The van der Waals surface area contributed by atoms with Crippen molar-refractivity contribution < 1.29 is 14.7 Å². The van der Waals surface area contributed by atoms with Crippen molar-refractivity contribution in [2.75, 3.05) is 0 Å². The molecule has 1 aliphatic rings. The van der Waals surface area contributed by atoms with Crippen LogP contribution in [-0.2, 0) is 9.59 Å². The molecule has 0 unspecified atom stereocenters. The first-order valence-electron chi connectivity index (χ1n) is 3.78. The fraction of sp³-hybridized carbons (Fsp3) is 0.500. The lowest BCUT2D eigenvalue weighted by Crippen LogP contribution is -2.31. The van der Waals surface area contributed by atoms with Crippen molar-refractivity contribution in [3.63, 3.8) is 0 Å². The van der Waals surface area contributed by atoms with E-state index in [2.05, 4.69) is 5.32 Å². The zero-order chi connectivity index (χ0) is 9.14. The molecule has 0 bridgehead atoms. The Morgan fingerprint density at radius 3 is 2.58 bits per heavy atom. The van der Waals surface area contributed by atoms with Gasteiger partial charge in [-0.3, -0.25) is 9.59 Å². The van der Waals surface area contributed by atoms with Gasteiger partial charge >= 0.3 is 5.97 Å². The minimum Gasteiger partial charge on any atom is -0.481 e. The topological polar surface area (TPSA) is 66.4 Å². The maximum absolute atomic E-state index is 10.6. The maximum atomic E-state index is 10.6. The molecule has 1 aliphatic carbocycles. The molecule has 0 aliphatic heterocycles. The highest BCUT2D eigenvalue weighted by Gasteiger charge is 2.24. The standard InChI is InChI=1S/C8H11NO3/c1-5(10)9-7-3-2-6(4-7)8(11)12/h2-3,6-7H,4H2,1H3,(H,9,10)(H,11,12)/t6-,7+/m1/s1. The molecule has 0 heterocycles. The van der Waals surface area contributed by atoms with E-state index in [0.29, 0.717) is 6.42 Å². The van der Waals surface area contributed by atoms with E-state index in [9.17, 15) is 9.59 Å². The number of carboxylic acid groups (broad SMARTS) is 1. The lowest BCUT2D eigenvalue weighted by atomic mass is 10.1. The number of aliphatic carboxylic acids is 1. The van der Waals surface area contributed by atoms with E-state index < -0.39 is 11.9 Å². The van der Waals surface area contributed by atoms with Gasteiger partial charge in [0.25, 0.3) is 0 Å². The average molecular weight is 169 g/mol. The molecule has 4 heteroatoms. The zero-order valence-electron chi connectivity index (χ0n) is 6.78. The summed E-state index contributed by atoms with van der Waals surface area (Å²) in [5.74, 6) is -1.41. The van der Waals surface area contributed by atoms with Gasteiger partial charge in [0, 0.05) is 13.0 Å². The smallest absolute Gasteiger partial charge is 0.310 e. The highest BCUT2D eigenvalue weighted by Crippen LogP contribution is 2.17. The molecule has 0 aromatic heterocycles. The predicted octanol–water partition coefficient (Wildman–Crippen LogP) is 0.152. The highest BCUT2D eigenvalue weighted by molar-refractivity contribution is 5.75. The van der Waals surface area contributed by atoms with Gasteiger partial charge in [0.05, 0.1) is 5.92 Å². The lowest BCUT2D eigenvalue weighted by molar-refractivity contribution is -0.140. The number of rotatable bonds is 2. The van der Waals surface area contributed by atoms with Gasteiger partial charge in [-0.25, -0.2) is 0 Å². The van der Waals surface area contributed by atoms with Gasteiger partial charge < -0.3 is 10.4 Å². The Balaban J connectivity index is 2.42. The van der Waals surface area contributed by atoms with E-state index in [0.717, 1.165) is 0 Å².